The summed E-state index contributed by atoms with van der Waals surface area (Å²) in [6, 6.07) is 0. The minimum absolute atomic E-state index is 0.132. The lowest BCUT2D eigenvalue weighted by Crippen LogP contribution is -2.01. The van der Waals surface area contributed by atoms with Gasteiger partial charge in [0, 0.05) is 5.38 Å². The van der Waals surface area contributed by atoms with Crippen LogP contribution in [0.15, 0.2) is 16.8 Å². The molecule has 1 radical (unpaired) electrons. The van der Waals surface area contributed by atoms with E-state index in [1.54, 1.807) is 0 Å². The minimum atomic E-state index is -1.28. The van der Waals surface area contributed by atoms with Gasteiger partial charge in [-0.25, -0.2) is 9.78 Å². The van der Waals surface area contributed by atoms with Crippen molar-refractivity contribution in [3.63, 3.8) is 0 Å². The molecule has 0 aliphatic rings. The summed E-state index contributed by atoms with van der Waals surface area (Å²) in [5.41, 5.74) is 11.7. The zero-order valence-corrected chi connectivity index (χ0v) is 9.10. The van der Waals surface area contributed by atoms with Gasteiger partial charge in [0.2, 0.25) is 0 Å². The van der Waals surface area contributed by atoms with Crippen molar-refractivity contribution in [2.45, 2.75) is 0 Å². The van der Waals surface area contributed by atoms with Crippen LogP contribution in [0.2, 0.25) is 0 Å². The van der Waals surface area contributed by atoms with E-state index in [0.717, 1.165) is 17.6 Å². The van der Waals surface area contributed by atoms with Crippen LogP contribution in [-0.4, -0.2) is 28.2 Å². The number of rotatable bonds is 5. The van der Waals surface area contributed by atoms with E-state index in [2.05, 4.69) is 15.0 Å². The zero-order chi connectivity index (χ0) is 12.8. The zero-order valence-electron chi connectivity index (χ0n) is 8.28. The second-order valence-electron chi connectivity index (χ2n) is 2.61. The summed E-state index contributed by atoms with van der Waals surface area (Å²) in [7, 11) is 0. The van der Waals surface area contributed by atoms with Gasteiger partial charge < -0.3 is 15.7 Å². The number of hydrogen-bond donors (Lipinski definition) is 2. The number of oxime groups is 1. The molecule has 0 aliphatic carbocycles. The molecule has 4 N–H and O–H groups in total. The van der Waals surface area contributed by atoms with Crippen LogP contribution in [0.4, 0.5) is 5.13 Å². The fraction of sp³-hybridized carbons (Fsp3) is 0. The maximum absolute atomic E-state index is 10.9. The van der Waals surface area contributed by atoms with Crippen LogP contribution in [0.3, 0.4) is 0 Å². The van der Waals surface area contributed by atoms with E-state index in [9.17, 15) is 9.59 Å². The van der Waals surface area contributed by atoms with Crippen LogP contribution < -0.4 is 11.5 Å². The first kappa shape index (κ1) is 12.6. The lowest BCUT2D eigenvalue weighted by molar-refractivity contribution is -0.130. The minimum Gasteiger partial charge on any atom is -0.477 e. The number of carbonyl (C=O) groups excluding carboxylic acids is 1. The van der Waals surface area contributed by atoms with Crippen molar-refractivity contribution in [3.05, 3.63) is 17.3 Å². The van der Waals surface area contributed by atoms with Gasteiger partial charge in [0.1, 0.15) is 18.0 Å². The third kappa shape index (κ3) is 3.91. The fourth-order valence-electron chi connectivity index (χ4n) is 0.793. The summed E-state index contributed by atoms with van der Waals surface area (Å²) in [5.74, 6) is -2.34. The number of hydrogen-bond acceptors (Lipinski definition) is 7. The average Bonchev–Trinajstić information content (AvgIpc) is 2.63. The first-order chi connectivity index (χ1) is 8.00. The Balaban J connectivity index is 2.83. The van der Waals surface area contributed by atoms with Gasteiger partial charge in [-0.1, -0.05) is 5.16 Å². The molecule has 0 spiro atoms. The number of carboxylic acid groups (broad SMARTS) is 1. The van der Waals surface area contributed by atoms with Crippen LogP contribution in [0.1, 0.15) is 5.69 Å². The Morgan fingerprint density at radius 3 is 2.82 bits per heavy atom. The summed E-state index contributed by atoms with van der Waals surface area (Å²) >= 11 is 1.08. The summed E-state index contributed by atoms with van der Waals surface area (Å²) in [6.45, 7) is 0. The van der Waals surface area contributed by atoms with Crippen LogP contribution in [-0.2, 0) is 14.4 Å². The highest BCUT2D eigenvalue weighted by atomic mass is 32.1. The van der Waals surface area contributed by atoms with Gasteiger partial charge in [0.05, 0.1) is 5.69 Å². The van der Waals surface area contributed by atoms with Crippen LogP contribution in [0.25, 0.3) is 5.57 Å². The maximum Gasteiger partial charge on any atom is 0.341 e. The van der Waals surface area contributed by atoms with E-state index in [0.29, 0.717) is 6.21 Å². The van der Waals surface area contributed by atoms with E-state index in [1.165, 1.54) is 5.38 Å². The number of thiazole rings is 1. The lowest BCUT2D eigenvalue weighted by atomic mass is 10.2. The number of nitrogen functional groups attached to an aromatic ring is 1. The highest BCUT2D eigenvalue weighted by Gasteiger charge is 2.14. The molecule has 0 saturated heterocycles. The normalized spacial score (nSPS) is 11.6. The summed E-state index contributed by atoms with van der Waals surface area (Å²) in [4.78, 5) is 29.2. The highest BCUT2D eigenvalue weighted by Crippen LogP contribution is 2.19. The molecule has 1 amide bonds. The topological polar surface area (TPSA) is 139 Å². The molecule has 1 rings (SSSR count). The first-order valence-electron chi connectivity index (χ1n) is 4.10. The molecule has 1 heterocycles. The monoisotopic (exact) mass is 255 g/mol. The number of aromatic nitrogens is 1. The number of amides is 1. The summed E-state index contributed by atoms with van der Waals surface area (Å²) < 4.78 is 0. The van der Waals surface area contributed by atoms with Gasteiger partial charge in [-0.2, -0.15) is 0 Å². The van der Waals surface area contributed by atoms with Gasteiger partial charge in [0.25, 0.3) is 5.91 Å². The second kappa shape index (κ2) is 5.61. The summed E-state index contributed by atoms with van der Waals surface area (Å²) in [5, 5.41) is 13.6. The van der Waals surface area contributed by atoms with Crippen molar-refractivity contribution < 1.29 is 19.5 Å². The van der Waals surface area contributed by atoms with Gasteiger partial charge in [-0.3, -0.25) is 10.5 Å². The van der Waals surface area contributed by atoms with E-state index >= 15 is 0 Å². The highest BCUT2D eigenvalue weighted by molar-refractivity contribution is 7.13. The standard InChI is InChI=1S/C8H7N4O4S/c9-6(13)1-11-16-2-4(7(14)15)5-3-17-8(10)12-5/h1-3,9H,(H2,10,12)(H,14,15)/b4-2+,11-1+. The Hall–Kier alpha value is -2.42. The average molecular weight is 255 g/mol. The Labute approximate surface area is 99.2 Å². The summed E-state index contributed by atoms with van der Waals surface area (Å²) in [6.07, 6.45) is 1.39. The van der Waals surface area contributed by atoms with Crippen LogP contribution in [0.5, 0.6) is 0 Å². The number of carbonyl (C=O) groups is 2. The molecule has 0 unspecified atom stereocenters. The number of nitrogens with one attached hydrogen (secondary N) is 1. The van der Waals surface area contributed by atoms with Crippen LogP contribution >= 0.6 is 11.3 Å². The largest absolute Gasteiger partial charge is 0.477 e. The molecule has 1 aromatic rings. The molecule has 0 bridgehead atoms. The number of nitrogens with zero attached hydrogens (tertiary/aromatic N) is 2. The second-order valence-corrected chi connectivity index (χ2v) is 3.50. The quantitative estimate of drug-likeness (QED) is 0.327. The smallest absolute Gasteiger partial charge is 0.341 e. The van der Waals surface area contributed by atoms with Crippen LogP contribution in [0, 0.1) is 0 Å². The SMILES string of the molecule is [NH]C(=O)/C=N/O/C=C(/C(=O)O)c1csc(N)n1. The number of nitrogens with two attached hydrogens (primary N) is 1. The first-order valence-corrected chi connectivity index (χ1v) is 4.98. The molecule has 0 atom stereocenters. The van der Waals surface area contributed by atoms with Crippen molar-refractivity contribution >= 4 is 40.1 Å². The lowest BCUT2D eigenvalue weighted by Gasteiger charge is -1.96. The third-order valence-electron chi connectivity index (χ3n) is 1.43. The molecule has 0 saturated carbocycles. The van der Waals surface area contributed by atoms with E-state index in [1.807, 2.05) is 0 Å². The fourth-order valence-corrected chi connectivity index (χ4v) is 1.36. The molecule has 17 heavy (non-hydrogen) atoms. The predicted octanol–water partition coefficient (Wildman–Crippen LogP) is -0.0373. The number of anilines is 1. The molecule has 9 heteroatoms. The molecule has 0 aromatic carbocycles. The van der Waals surface area contributed by atoms with Gasteiger partial charge in [-0.15, -0.1) is 11.3 Å². The molecule has 89 valence electrons. The Morgan fingerprint density at radius 1 is 1.65 bits per heavy atom. The number of carboxylic acids is 1. The molecule has 0 aliphatic heterocycles. The Bertz CT molecular complexity index is 493. The molecular weight excluding hydrogens is 248 g/mol. The molecule has 1 aromatic heterocycles. The number of aliphatic carboxylic acids is 1. The third-order valence-corrected chi connectivity index (χ3v) is 2.10. The van der Waals surface area contributed by atoms with E-state index < -0.39 is 11.9 Å². The maximum atomic E-state index is 10.9. The predicted molar refractivity (Wildman–Crippen MR) is 59.8 cm³/mol. The van der Waals surface area contributed by atoms with Crippen molar-refractivity contribution in [1.29, 1.82) is 0 Å². The van der Waals surface area contributed by atoms with Gasteiger partial charge >= 0.3 is 5.97 Å². The van der Waals surface area contributed by atoms with E-state index in [-0.39, 0.29) is 16.4 Å². The van der Waals surface area contributed by atoms with Crippen molar-refractivity contribution in [3.8, 4) is 0 Å². The Morgan fingerprint density at radius 2 is 2.35 bits per heavy atom. The Kier molecular flexibility index (Phi) is 4.17. The van der Waals surface area contributed by atoms with Crippen molar-refractivity contribution in [2.75, 3.05) is 5.73 Å². The van der Waals surface area contributed by atoms with Gasteiger partial charge in [-0.05, 0) is 0 Å². The van der Waals surface area contributed by atoms with E-state index in [4.69, 9.17) is 16.6 Å². The molecule has 0 fully saturated rings. The molecule has 8 nitrogen and oxygen atoms in total. The van der Waals surface area contributed by atoms with Gasteiger partial charge in [0.15, 0.2) is 5.13 Å². The van der Waals surface area contributed by atoms with Crippen molar-refractivity contribution in [1.82, 2.24) is 10.7 Å². The van der Waals surface area contributed by atoms with Crippen molar-refractivity contribution in [2.24, 2.45) is 5.16 Å². The molecular formula is C8H7N4O4S.